The Morgan fingerprint density at radius 1 is 0.176 bits per heavy atom. The van der Waals surface area contributed by atoms with Crippen molar-refractivity contribution < 1.29 is 172 Å². The molecule has 0 fully saturated rings. The average molecular weight is 1430 g/mol. The fourth-order valence-electron chi connectivity index (χ4n) is 8.25. The average Bonchev–Trinajstić information content (AvgIpc) is 0.767. The lowest BCUT2D eigenvalue weighted by Crippen LogP contribution is -2.13. The number of carbonyl (C=O) groups excluding carboxylic acids is 15. The van der Waals surface area contributed by atoms with Crippen LogP contribution in [0.25, 0.3) is 0 Å². The van der Waals surface area contributed by atoms with Crippen molar-refractivity contribution in [1.29, 1.82) is 0 Å². The van der Waals surface area contributed by atoms with Crippen molar-refractivity contribution >= 4 is 89.5 Å². The van der Waals surface area contributed by atoms with Crippen molar-refractivity contribution in [3.63, 3.8) is 0 Å². The highest BCUT2D eigenvalue weighted by molar-refractivity contribution is 5.86. The number of aromatic hydroxyl groups is 1. The second-order valence-electron chi connectivity index (χ2n) is 20.1. The van der Waals surface area contributed by atoms with E-state index in [-0.39, 0.29) is 5.75 Å². The van der Waals surface area contributed by atoms with Crippen LogP contribution in [0.1, 0.15) is 104 Å². The predicted octanol–water partition coefficient (Wildman–Crippen LogP) is 9.23. The number of phenols is 1. The number of benzene rings is 6. The second-order valence-corrected chi connectivity index (χ2v) is 20.1. The molecular weight excluding hydrogens is 1370 g/mol. The molecule has 0 spiro atoms. The third-order valence-electron chi connectivity index (χ3n) is 11.1. The Morgan fingerprint density at radius 3 is 0.676 bits per heavy atom. The van der Waals surface area contributed by atoms with Gasteiger partial charge in [-0.1, -0.05) is 0 Å². The highest BCUT2D eigenvalue weighted by Crippen LogP contribution is 2.59. The Kier molecular flexibility index (Phi) is 25.3. The Morgan fingerprint density at radius 2 is 0.373 bits per heavy atom. The number of phenolic OH excluding ortho intramolecular Hbond substituents is 1. The van der Waals surface area contributed by atoms with Crippen molar-refractivity contribution in [2.45, 2.75) is 104 Å². The van der Waals surface area contributed by atoms with Crippen LogP contribution in [0.4, 0.5) is 0 Å². The van der Waals surface area contributed by atoms with Crippen LogP contribution in [0, 0.1) is 0 Å². The van der Waals surface area contributed by atoms with E-state index in [1.165, 1.54) is 0 Å². The van der Waals surface area contributed by atoms with E-state index in [0.717, 1.165) is 165 Å². The normalized spacial score (nSPS) is 10.3. The Labute approximate surface area is 573 Å². The van der Waals surface area contributed by atoms with Crippen LogP contribution in [0.5, 0.6) is 149 Å². The van der Waals surface area contributed by atoms with Gasteiger partial charge in [0.1, 0.15) is 23.0 Å². The lowest BCUT2D eigenvalue weighted by molar-refractivity contribution is -0.135. The van der Waals surface area contributed by atoms with Gasteiger partial charge in [0.05, 0.1) is 0 Å². The summed E-state index contributed by atoms with van der Waals surface area (Å²) in [4.78, 5) is 192. The van der Waals surface area contributed by atoms with Crippen LogP contribution in [0.3, 0.4) is 0 Å². The maximum absolute atomic E-state index is 13.3. The maximum Gasteiger partial charge on any atom is 0.308 e. The fourth-order valence-corrected chi connectivity index (χ4v) is 8.25. The van der Waals surface area contributed by atoms with Crippen LogP contribution in [-0.2, 0) is 71.9 Å². The molecule has 536 valence electrons. The van der Waals surface area contributed by atoms with E-state index >= 15 is 0 Å². The molecular formula is C66H56O36. The van der Waals surface area contributed by atoms with Gasteiger partial charge in [-0.2, -0.15) is 0 Å². The number of hydrogen-bond acceptors (Lipinski definition) is 36. The van der Waals surface area contributed by atoms with E-state index in [2.05, 4.69) is 0 Å². The van der Waals surface area contributed by atoms with E-state index in [1.54, 1.807) is 0 Å². The number of rotatable bonds is 25. The second kappa shape index (κ2) is 33.4. The van der Waals surface area contributed by atoms with Gasteiger partial charge in [-0.05, 0) is 0 Å². The molecule has 0 amide bonds. The molecule has 6 rings (SSSR count). The molecule has 36 heteroatoms. The van der Waals surface area contributed by atoms with Crippen molar-refractivity contribution in [2.24, 2.45) is 0 Å². The van der Waals surface area contributed by atoms with Crippen molar-refractivity contribution in [3.8, 4) is 149 Å². The van der Waals surface area contributed by atoms with Crippen LogP contribution in [0.15, 0.2) is 60.7 Å². The molecule has 1 N–H and O–H groups in total. The Balaban J connectivity index is 1.76. The summed E-state index contributed by atoms with van der Waals surface area (Å²) >= 11 is 0. The van der Waals surface area contributed by atoms with Gasteiger partial charge in [-0.15, -0.1) is 0 Å². The molecule has 0 radical (unpaired) electrons. The first-order chi connectivity index (χ1) is 47.7. The zero-order chi connectivity index (χ0) is 75.9. The summed E-state index contributed by atoms with van der Waals surface area (Å²) in [5.74, 6) is -37.6. The smallest absolute Gasteiger partial charge is 0.308 e. The molecule has 0 aliphatic heterocycles. The third kappa shape index (κ3) is 21.6. The van der Waals surface area contributed by atoms with Crippen molar-refractivity contribution in [3.05, 3.63) is 60.7 Å². The van der Waals surface area contributed by atoms with Gasteiger partial charge >= 0.3 is 89.5 Å². The molecule has 0 atom stereocenters. The summed E-state index contributed by atoms with van der Waals surface area (Å²) in [6.07, 6.45) is 0. The van der Waals surface area contributed by atoms with Gasteiger partial charge < -0.3 is 99.8 Å². The first-order valence-electron chi connectivity index (χ1n) is 28.7. The molecule has 6 aromatic rings. The highest BCUT2D eigenvalue weighted by atomic mass is 16.6. The standard InChI is InChI=1S/C66H56O36/c1-26(67)83-41-18-48(87-30(5)71)59(49(19-41)88-31(6)72)98-43-20-47(86-29(4)70)58(93-36(11)77)52(23-43)101-55-24-53(91-34(9)75)61(94-37(12)78)65(96-39(14)80)63(55)100-44-21-50(89-32(7)73)60(51(22-44)90-33(8)74)102-56-25-54(92-35(10)76)62(95-38(13)79)66(97-40(15)81)64(56)99-42-16-45(84-27(2)68)57(82)46(17-42)85-28(3)69/h16-25,82H,1-15H3. The SMILES string of the molecule is CC(=O)Oc1cc(OC(C)=O)c(Oc2cc(OC(C)=O)c(OC(C)=O)c(Oc3cc(OC(C)=O)c(OC(C)=O)c(OC(C)=O)c3Oc3cc(OC(C)=O)c(Oc4cc(OC(C)=O)c(OC(C)=O)c(OC(C)=O)c4Oc4cc(OC(C)=O)c(O)c(OC(C)=O)c4)c(OC(C)=O)c3)c2)c(OC(C)=O)c1. The summed E-state index contributed by atoms with van der Waals surface area (Å²) in [5.41, 5.74) is 0. The van der Waals surface area contributed by atoms with Gasteiger partial charge in [0.25, 0.3) is 0 Å². The molecule has 0 aliphatic carbocycles. The minimum Gasteiger partial charge on any atom is -0.502 e. The predicted molar refractivity (Wildman–Crippen MR) is 330 cm³/mol. The van der Waals surface area contributed by atoms with E-state index in [0.29, 0.717) is 0 Å². The molecule has 0 bridgehead atoms. The summed E-state index contributed by atoms with van der Waals surface area (Å²) in [6, 6.07) is 8.36. The summed E-state index contributed by atoms with van der Waals surface area (Å²) in [7, 11) is 0. The minimum absolute atomic E-state index is 0.352. The molecule has 102 heavy (non-hydrogen) atoms. The molecule has 0 saturated carbocycles. The minimum atomic E-state index is -1.26. The number of carbonyl (C=O) groups is 15. The lowest BCUT2D eigenvalue weighted by atomic mass is 10.2. The molecule has 0 heterocycles. The highest BCUT2D eigenvalue weighted by Gasteiger charge is 2.35. The van der Waals surface area contributed by atoms with Gasteiger partial charge in [-0.3, -0.25) is 71.9 Å². The molecule has 0 unspecified atom stereocenters. The lowest BCUT2D eigenvalue weighted by Gasteiger charge is -2.23. The van der Waals surface area contributed by atoms with Gasteiger partial charge in [-0.25, -0.2) is 0 Å². The molecule has 0 saturated heterocycles. The van der Waals surface area contributed by atoms with Gasteiger partial charge in [0, 0.05) is 165 Å². The zero-order valence-electron chi connectivity index (χ0n) is 56.0. The quantitative estimate of drug-likeness (QED) is 0.0412. The van der Waals surface area contributed by atoms with Crippen LogP contribution < -0.4 is 94.7 Å². The maximum atomic E-state index is 13.3. The number of ether oxygens (including phenoxy) is 20. The first-order valence-corrected chi connectivity index (χ1v) is 28.7. The van der Waals surface area contributed by atoms with Gasteiger partial charge in [0.2, 0.25) is 57.5 Å². The number of hydrogen-bond donors (Lipinski definition) is 1. The topological polar surface area (TPSA) is 461 Å². The number of esters is 15. The first kappa shape index (κ1) is 77.2. The molecule has 6 aromatic carbocycles. The van der Waals surface area contributed by atoms with Crippen molar-refractivity contribution in [1.82, 2.24) is 0 Å². The van der Waals surface area contributed by atoms with Crippen LogP contribution in [0.2, 0.25) is 0 Å². The summed E-state index contributed by atoms with van der Waals surface area (Å²) in [6.45, 7) is 13.4. The van der Waals surface area contributed by atoms with E-state index in [9.17, 15) is 77.0 Å². The van der Waals surface area contributed by atoms with Crippen LogP contribution in [-0.4, -0.2) is 94.6 Å². The molecule has 0 aliphatic rings. The fraction of sp³-hybridized carbons (Fsp3) is 0.227. The summed E-state index contributed by atoms with van der Waals surface area (Å²) < 4.78 is 112. The van der Waals surface area contributed by atoms with Crippen molar-refractivity contribution in [2.75, 3.05) is 0 Å². The molecule has 36 nitrogen and oxygen atoms in total. The van der Waals surface area contributed by atoms with Gasteiger partial charge in [0.15, 0.2) is 69.0 Å². The Bertz CT molecular complexity index is 4400. The molecule has 0 aromatic heterocycles. The monoisotopic (exact) mass is 1420 g/mol. The van der Waals surface area contributed by atoms with Crippen LogP contribution >= 0.6 is 0 Å². The van der Waals surface area contributed by atoms with E-state index < -0.39 is 233 Å². The Hall–Kier alpha value is -13.8. The summed E-state index contributed by atoms with van der Waals surface area (Å²) in [5, 5.41) is 11.0. The third-order valence-corrected chi connectivity index (χ3v) is 11.1. The van der Waals surface area contributed by atoms with E-state index in [1.807, 2.05) is 0 Å². The van der Waals surface area contributed by atoms with E-state index in [4.69, 9.17) is 94.7 Å². The largest absolute Gasteiger partial charge is 0.502 e. The zero-order valence-corrected chi connectivity index (χ0v) is 56.0.